The number of rotatable bonds is 2. The van der Waals surface area contributed by atoms with Gasteiger partial charge in [0.25, 0.3) is 5.91 Å². The molecule has 1 amide bonds. The molecule has 6 heteroatoms. The molecule has 0 atom stereocenters. The van der Waals surface area contributed by atoms with Gasteiger partial charge in [-0.2, -0.15) is 0 Å². The minimum atomic E-state index is -0.0267. The highest BCUT2D eigenvalue weighted by molar-refractivity contribution is 8.18. The van der Waals surface area contributed by atoms with Crippen LogP contribution in [0.5, 0.6) is 0 Å². The molecule has 106 valence electrons. The lowest BCUT2D eigenvalue weighted by Crippen LogP contribution is -2.23. The van der Waals surface area contributed by atoms with Gasteiger partial charge in [0.15, 0.2) is 5.17 Å². The molecule has 0 N–H and O–H groups in total. The highest BCUT2D eigenvalue weighted by atomic mass is 35.5. The van der Waals surface area contributed by atoms with Gasteiger partial charge in [0.05, 0.1) is 10.6 Å². The van der Waals surface area contributed by atoms with E-state index in [-0.39, 0.29) is 5.91 Å². The van der Waals surface area contributed by atoms with Gasteiger partial charge in [-0.25, -0.2) is 4.99 Å². The molecule has 21 heavy (non-hydrogen) atoms. The Hall–Kier alpha value is -1.56. The van der Waals surface area contributed by atoms with Crippen LogP contribution in [0.25, 0.3) is 6.08 Å². The lowest BCUT2D eigenvalue weighted by atomic mass is 10.3. The molecule has 0 spiro atoms. The Balaban J connectivity index is 1.88. The topological polar surface area (TPSA) is 32.7 Å². The molecule has 1 aromatic heterocycles. The first-order valence-electron chi connectivity index (χ1n) is 6.19. The van der Waals surface area contributed by atoms with Crippen molar-refractivity contribution < 1.29 is 4.79 Å². The fraction of sp³-hybridized carbons (Fsp3) is 0.0667. The number of carbonyl (C=O) groups excluding carboxylic acids is 1. The van der Waals surface area contributed by atoms with Gasteiger partial charge in [0.2, 0.25) is 0 Å². The number of amides is 1. The Morgan fingerprint density at radius 2 is 2.00 bits per heavy atom. The van der Waals surface area contributed by atoms with Crippen LogP contribution < -0.4 is 0 Å². The van der Waals surface area contributed by atoms with Crippen LogP contribution in [0, 0.1) is 0 Å². The van der Waals surface area contributed by atoms with E-state index in [9.17, 15) is 4.79 Å². The fourth-order valence-corrected chi connectivity index (χ4v) is 3.62. The van der Waals surface area contributed by atoms with Gasteiger partial charge >= 0.3 is 0 Å². The number of amidine groups is 1. The first-order valence-corrected chi connectivity index (χ1v) is 8.26. The minimum Gasteiger partial charge on any atom is -0.290 e. The molecule has 1 aromatic carbocycles. The molecule has 2 aromatic rings. The number of likely N-dealkylation sites (N-methyl/N-ethyl adjacent to an activating group) is 1. The van der Waals surface area contributed by atoms with Crippen LogP contribution in [-0.2, 0) is 4.79 Å². The summed E-state index contributed by atoms with van der Waals surface area (Å²) in [6.07, 6.45) is 1.90. The van der Waals surface area contributed by atoms with Crippen molar-refractivity contribution in [2.75, 3.05) is 7.05 Å². The van der Waals surface area contributed by atoms with Crippen LogP contribution in [0.3, 0.4) is 0 Å². The molecule has 0 unspecified atom stereocenters. The summed E-state index contributed by atoms with van der Waals surface area (Å²) in [6.45, 7) is 0. The van der Waals surface area contributed by atoms with E-state index in [1.165, 1.54) is 11.8 Å². The predicted octanol–water partition coefficient (Wildman–Crippen LogP) is 4.64. The Bertz CT molecular complexity index is 721. The van der Waals surface area contributed by atoms with Crippen LogP contribution >= 0.6 is 34.7 Å². The molecule has 0 radical (unpaired) electrons. The normalized spacial score (nSPS) is 19.0. The average Bonchev–Trinajstić information content (AvgIpc) is 3.07. The number of benzene rings is 1. The quantitative estimate of drug-likeness (QED) is 0.750. The molecule has 3 nitrogen and oxygen atoms in total. The van der Waals surface area contributed by atoms with Crippen molar-refractivity contribution in [3.05, 3.63) is 56.6 Å². The molecular formula is C15H11ClN2OS2. The smallest absolute Gasteiger partial charge is 0.266 e. The summed E-state index contributed by atoms with van der Waals surface area (Å²) in [5, 5.41) is 3.33. The molecule has 1 saturated heterocycles. The average molecular weight is 335 g/mol. The number of aliphatic imine (C=N–C) groups is 1. The number of carbonyl (C=O) groups is 1. The van der Waals surface area contributed by atoms with E-state index >= 15 is 0 Å². The summed E-state index contributed by atoms with van der Waals surface area (Å²) < 4.78 is 0. The molecule has 3 rings (SSSR count). The number of thioether (sulfide) groups is 1. The van der Waals surface area contributed by atoms with Gasteiger partial charge in [-0.15, -0.1) is 11.3 Å². The van der Waals surface area contributed by atoms with E-state index in [0.29, 0.717) is 15.1 Å². The Kier molecular flexibility index (Phi) is 4.14. The second kappa shape index (κ2) is 6.05. The molecular weight excluding hydrogens is 324 g/mol. The van der Waals surface area contributed by atoms with Crippen LogP contribution in [0.15, 0.2) is 51.7 Å². The van der Waals surface area contributed by atoms with Crippen molar-refractivity contribution >= 4 is 57.5 Å². The third-order valence-corrected chi connectivity index (χ3v) is 5.00. The highest BCUT2D eigenvalue weighted by Crippen LogP contribution is 2.33. The van der Waals surface area contributed by atoms with E-state index < -0.39 is 0 Å². The molecule has 0 bridgehead atoms. The lowest BCUT2D eigenvalue weighted by Gasteiger charge is -2.06. The number of thiophene rings is 1. The van der Waals surface area contributed by atoms with Gasteiger partial charge in [0.1, 0.15) is 0 Å². The molecule has 1 fully saturated rings. The minimum absolute atomic E-state index is 0.0267. The van der Waals surface area contributed by atoms with E-state index in [2.05, 4.69) is 4.99 Å². The molecule has 0 aliphatic carbocycles. The second-order valence-corrected chi connectivity index (χ2v) is 6.79. The fourth-order valence-electron chi connectivity index (χ4n) is 1.78. The number of hydrogen-bond donors (Lipinski definition) is 0. The van der Waals surface area contributed by atoms with Crippen molar-refractivity contribution in [1.82, 2.24) is 4.90 Å². The van der Waals surface area contributed by atoms with E-state index in [1.54, 1.807) is 35.4 Å². The van der Waals surface area contributed by atoms with Gasteiger partial charge < -0.3 is 0 Å². The molecule has 1 aliphatic heterocycles. The van der Waals surface area contributed by atoms with Crippen molar-refractivity contribution in [2.45, 2.75) is 0 Å². The molecule has 2 heterocycles. The lowest BCUT2D eigenvalue weighted by molar-refractivity contribution is -0.121. The largest absolute Gasteiger partial charge is 0.290 e. The highest BCUT2D eigenvalue weighted by Gasteiger charge is 2.30. The van der Waals surface area contributed by atoms with Crippen molar-refractivity contribution in [1.29, 1.82) is 0 Å². The third kappa shape index (κ3) is 3.20. The van der Waals surface area contributed by atoms with Crippen LogP contribution in [0.4, 0.5) is 5.69 Å². The Morgan fingerprint density at radius 1 is 1.24 bits per heavy atom. The van der Waals surface area contributed by atoms with E-state index in [4.69, 9.17) is 11.6 Å². The summed E-state index contributed by atoms with van der Waals surface area (Å²) in [5.41, 5.74) is 0.777. The first-order chi connectivity index (χ1) is 10.1. The van der Waals surface area contributed by atoms with Crippen molar-refractivity contribution in [2.24, 2.45) is 4.99 Å². The number of halogens is 1. The van der Waals surface area contributed by atoms with Crippen molar-refractivity contribution in [3.63, 3.8) is 0 Å². The summed E-state index contributed by atoms with van der Waals surface area (Å²) in [5.74, 6) is -0.0267. The van der Waals surface area contributed by atoms with Crippen LogP contribution in [0.2, 0.25) is 5.02 Å². The maximum atomic E-state index is 12.2. The van der Waals surface area contributed by atoms with Crippen LogP contribution in [-0.4, -0.2) is 23.0 Å². The zero-order chi connectivity index (χ0) is 14.8. The van der Waals surface area contributed by atoms with Gasteiger partial charge in [-0.3, -0.25) is 9.69 Å². The zero-order valence-corrected chi connectivity index (χ0v) is 13.5. The summed E-state index contributed by atoms with van der Waals surface area (Å²) in [7, 11) is 1.74. The Morgan fingerprint density at radius 3 is 2.67 bits per heavy atom. The number of nitrogens with zero attached hydrogens (tertiary/aromatic N) is 2. The zero-order valence-electron chi connectivity index (χ0n) is 11.1. The van der Waals surface area contributed by atoms with Gasteiger partial charge in [0, 0.05) is 16.9 Å². The predicted molar refractivity (Wildman–Crippen MR) is 91.2 cm³/mol. The van der Waals surface area contributed by atoms with Gasteiger partial charge in [-0.05, 0) is 53.5 Å². The molecule has 0 saturated carbocycles. The van der Waals surface area contributed by atoms with Crippen LogP contribution in [0.1, 0.15) is 4.88 Å². The third-order valence-electron chi connectivity index (χ3n) is 2.87. The molecule has 1 aliphatic rings. The Labute approximate surface area is 136 Å². The number of hydrogen-bond acceptors (Lipinski definition) is 4. The maximum absolute atomic E-state index is 12.2. The van der Waals surface area contributed by atoms with E-state index in [0.717, 1.165) is 10.6 Å². The second-order valence-electron chi connectivity index (χ2n) is 4.36. The SMILES string of the molecule is CN1C(=O)/C(=C\c2cccs2)SC1=Nc1ccc(Cl)cc1. The van der Waals surface area contributed by atoms with Gasteiger partial charge in [-0.1, -0.05) is 17.7 Å². The standard InChI is InChI=1S/C15H11ClN2OS2/c1-18-14(19)13(9-12-3-2-8-20-12)21-15(18)17-11-6-4-10(16)5-7-11/h2-9H,1H3/b13-9+,17-15?. The van der Waals surface area contributed by atoms with E-state index in [1.807, 2.05) is 35.7 Å². The van der Waals surface area contributed by atoms with Crippen molar-refractivity contribution in [3.8, 4) is 0 Å². The summed E-state index contributed by atoms with van der Waals surface area (Å²) >= 11 is 8.85. The summed E-state index contributed by atoms with van der Waals surface area (Å²) in [4.78, 5) is 20.0. The first kappa shape index (κ1) is 14.4. The monoisotopic (exact) mass is 334 g/mol. The summed E-state index contributed by atoms with van der Waals surface area (Å²) in [6, 6.07) is 11.2. The maximum Gasteiger partial charge on any atom is 0.266 e.